The largest absolute Gasteiger partial charge is 0.384 e. The van der Waals surface area contributed by atoms with E-state index < -0.39 is 0 Å². The van der Waals surface area contributed by atoms with Crippen LogP contribution in [0.4, 0.5) is 0 Å². The second kappa shape index (κ2) is 7.20. The molecular formula is C12H26N2O. The zero-order chi connectivity index (χ0) is 11.1. The Balaban J connectivity index is 2.12. The molecule has 0 N–H and O–H groups in total. The van der Waals surface area contributed by atoms with Crippen molar-refractivity contribution in [2.75, 3.05) is 46.6 Å². The molecule has 1 aliphatic heterocycles. The van der Waals surface area contributed by atoms with E-state index in [0.29, 0.717) is 5.92 Å². The fourth-order valence-corrected chi connectivity index (χ4v) is 2.20. The highest BCUT2D eigenvalue weighted by molar-refractivity contribution is 4.72. The predicted molar refractivity (Wildman–Crippen MR) is 64.0 cm³/mol. The van der Waals surface area contributed by atoms with E-state index in [9.17, 15) is 0 Å². The molecule has 1 rings (SSSR count). The van der Waals surface area contributed by atoms with Gasteiger partial charge < -0.3 is 4.74 Å². The van der Waals surface area contributed by atoms with Crippen molar-refractivity contribution in [1.29, 1.82) is 0 Å². The smallest absolute Gasteiger partial charge is 0.0507 e. The zero-order valence-electron chi connectivity index (χ0n) is 10.5. The second-order valence-electron chi connectivity index (χ2n) is 4.75. The highest BCUT2D eigenvalue weighted by atomic mass is 16.5. The summed E-state index contributed by atoms with van der Waals surface area (Å²) in [7, 11) is 1.79. The maximum absolute atomic E-state index is 5.17. The zero-order valence-corrected chi connectivity index (χ0v) is 10.5. The van der Waals surface area contributed by atoms with Crippen molar-refractivity contribution < 1.29 is 4.74 Å². The number of nitrogens with zero attached hydrogens (tertiary/aromatic N) is 2. The highest BCUT2D eigenvalue weighted by Gasteiger charge is 2.20. The molecule has 0 aliphatic carbocycles. The van der Waals surface area contributed by atoms with Crippen LogP contribution in [0.2, 0.25) is 0 Å². The summed E-state index contributed by atoms with van der Waals surface area (Å²) in [5.74, 6) is 0.654. The van der Waals surface area contributed by atoms with Crippen molar-refractivity contribution in [2.24, 2.45) is 5.92 Å². The summed E-state index contributed by atoms with van der Waals surface area (Å²) in [5, 5.41) is 0. The van der Waals surface area contributed by atoms with Crippen LogP contribution < -0.4 is 0 Å². The molecule has 0 aromatic heterocycles. The van der Waals surface area contributed by atoms with Gasteiger partial charge in [0.15, 0.2) is 0 Å². The van der Waals surface area contributed by atoms with Gasteiger partial charge in [-0.3, -0.25) is 9.80 Å². The predicted octanol–water partition coefficient (Wildman–Crippen LogP) is 1.64. The summed E-state index contributed by atoms with van der Waals surface area (Å²) in [6.07, 6.45) is 2.64. The van der Waals surface area contributed by atoms with Crippen LogP contribution in [0.1, 0.15) is 26.7 Å². The second-order valence-corrected chi connectivity index (χ2v) is 4.75. The van der Waals surface area contributed by atoms with Gasteiger partial charge in [-0.1, -0.05) is 20.3 Å². The molecule has 3 nitrogen and oxygen atoms in total. The Bertz CT molecular complexity index is 164. The highest BCUT2D eigenvalue weighted by Crippen LogP contribution is 2.09. The molecule has 1 atom stereocenters. The van der Waals surface area contributed by atoms with Crippen LogP contribution in [0.5, 0.6) is 0 Å². The Morgan fingerprint density at radius 2 is 2.00 bits per heavy atom. The minimum absolute atomic E-state index is 0.654. The molecule has 90 valence electrons. The lowest BCUT2D eigenvalue weighted by Gasteiger charge is -2.21. The maximum atomic E-state index is 5.17. The number of ether oxygens (including phenoxy) is 1. The third-order valence-corrected chi connectivity index (χ3v) is 2.98. The summed E-state index contributed by atoms with van der Waals surface area (Å²) >= 11 is 0. The van der Waals surface area contributed by atoms with Gasteiger partial charge in [-0.2, -0.15) is 0 Å². The van der Waals surface area contributed by atoms with Gasteiger partial charge in [0.05, 0.1) is 6.67 Å². The van der Waals surface area contributed by atoms with E-state index in [1.807, 2.05) is 0 Å². The van der Waals surface area contributed by atoms with Crippen LogP contribution in [-0.2, 0) is 4.74 Å². The monoisotopic (exact) mass is 214 g/mol. The third kappa shape index (κ3) is 4.96. The van der Waals surface area contributed by atoms with E-state index in [1.54, 1.807) is 7.11 Å². The summed E-state index contributed by atoms with van der Waals surface area (Å²) in [4.78, 5) is 5.10. The molecule has 1 aliphatic rings. The first-order valence-electron chi connectivity index (χ1n) is 6.20. The van der Waals surface area contributed by atoms with Gasteiger partial charge in [0, 0.05) is 33.4 Å². The van der Waals surface area contributed by atoms with E-state index in [-0.39, 0.29) is 0 Å². The molecule has 0 aromatic rings. The third-order valence-electron chi connectivity index (χ3n) is 2.98. The van der Waals surface area contributed by atoms with Crippen LogP contribution in [0.3, 0.4) is 0 Å². The molecule has 0 aromatic carbocycles. The Kier molecular flexibility index (Phi) is 6.22. The molecule has 1 unspecified atom stereocenters. The SMILES string of the molecule is CCCCN1CCN(CC(C)COC)C1. The summed E-state index contributed by atoms with van der Waals surface area (Å²) in [5.41, 5.74) is 0. The molecule has 3 heteroatoms. The Hall–Kier alpha value is -0.120. The van der Waals surface area contributed by atoms with E-state index in [4.69, 9.17) is 4.74 Å². The van der Waals surface area contributed by atoms with Gasteiger partial charge in [-0.05, 0) is 18.9 Å². The van der Waals surface area contributed by atoms with E-state index >= 15 is 0 Å². The number of rotatable bonds is 7. The van der Waals surface area contributed by atoms with Crippen molar-refractivity contribution in [1.82, 2.24) is 9.80 Å². The summed E-state index contributed by atoms with van der Waals surface area (Å²) in [6.45, 7) is 11.5. The maximum Gasteiger partial charge on any atom is 0.0507 e. The van der Waals surface area contributed by atoms with Crippen LogP contribution in [0.25, 0.3) is 0 Å². The number of hydrogen-bond acceptors (Lipinski definition) is 3. The molecular weight excluding hydrogens is 188 g/mol. The van der Waals surface area contributed by atoms with Crippen LogP contribution in [0, 0.1) is 5.92 Å². The van der Waals surface area contributed by atoms with Crippen molar-refractivity contribution in [3.63, 3.8) is 0 Å². The molecule has 0 amide bonds. The fourth-order valence-electron chi connectivity index (χ4n) is 2.20. The average molecular weight is 214 g/mol. The number of methoxy groups -OCH3 is 1. The van der Waals surface area contributed by atoms with Gasteiger partial charge in [0.1, 0.15) is 0 Å². The molecule has 0 saturated carbocycles. The summed E-state index contributed by atoms with van der Waals surface area (Å²) < 4.78 is 5.17. The van der Waals surface area contributed by atoms with Gasteiger partial charge in [0.2, 0.25) is 0 Å². The van der Waals surface area contributed by atoms with Crippen molar-refractivity contribution in [3.8, 4) is 0 Å². The molecule has 0 spiro atoms. The first-order valence-corrected chi connectivity index (χ1v) is 6.20. The Morgan fingerprint density at radius 3 is 2.67 bits per heavy atom. The van der Waals surface area contributed by atoms with Gasteiger partial charge in [-0.15, -0.1) is 0 Å². The quantitative estimate of drug-likeness (QED) is 0.641. The lowest BCUT2D eigenvalue weighted by molar-refractivity contribution is 0.130. The average Bonchev–Trinajstić information content (AvgIpc) is 2.63. The van der Waals surface area contributed by atoms with E-state index in [1.165, 1.54) is 39.0 Å². The normalized spacial score (nSPS) is 21.0. The molecule has 1 heterocycles. The van der Waals surface area contributed by atoms with Gasteiger partial charge in [0.25, 0.3) is 0 Å². The topological polar surface area (TPSA) is 15.7 Å². The van der Waals surface area contributed by atoms with Crippen LogP contribution >= 0.6 is 0 Å². The summed E-state index contributed by atoms with van der Waals surface area (Å²) in [6, 6.07) is 0. The van der Waals surface area contributed by atoms with Gasteiger partial charge >= 0.3 is 0 Å². The van der Waals surface area contributed by atoms with E-state index in [0.717, 1.165) is 13.3 Å². The van der Waals surface area contributed by atoms with Crippen molar-refractivity contribution in [2.45, 2.75) is 26.7 Å². The van der Waals surface area contributed by atoms with Crippen LogP contribution in [-0.4, -0.2) is 56.4 Å². The van der Waals surface area contributed by atoms with Crippen LogP contribution in [0.15, 0.2) is 0 Å². The Morgan fingerprint density at radius 1 is 1.27 bits per heavy atom. The molecule has 1 fully saturated rings. The van der Waals surface area contributed by atoms with Crippen molar-refractivity contribution >= 4 is 0 Å². The minimum Gasteiger partial charge on any atom is -0.384 e. The minimum atomic E-state index is 0.654. The lowest BCUT2D eigenvalue weighted by Crippen LogP contribution is -2.30. The molecule has 1 saturated heterocycles. The van der Waals surface area contributed by atoms with Crippen molar-refractivity contribution in [3.05, 3.63) is 0 Å². The Labute approximate surface area is 94.4 Å². The first-order chi connectivity index (χ1) is 7.26. The lowest BCUT2D eigenvalue weighted by atomic mass is 10.2. The van der Waals surface area contributed by atoms with E-state index in [2.05, 4.69) is 23.6 Å². The molecule has 15 heavy (non-hydrogen) atoms. The van der Waals surface area contributed by atoms with Gasteiger partial charge in [-0.25, -0.2) is 0 Å². The number of unbranched alkanes of at least 4 members (excludes halogenated alkanes) is 1. The standard InChI is InChI=1S/C12H26N2O/c1-4-5-6-13-7-8-14(11-13)9-12(2)10-15-3/h12H,4-11H2,1-3H3. The first kappa shape index (κ1) is 12.9. The molecule has 0 radical (unpaired) electrons. The number of hydrogen-bond donors (Lipinski definition) is 0. The molecule has 0 bridgehead atoms. The fraction of sp³-hybridized carbons (Fsp3) is 1.00.